The summed E-state index contributed by atoms with van der Waals surface area (Å²) < 4.78 is 26.7. The number of aryl methyl sites for hydroxylation is 1. The molecule has 1 aromatic rings. The van der Waals surface area contributed by atoms with Crippen LogP contribution in [-0.2, 0) is 16.4 Å². The molecule has 0 amide bonds. The molecule has 0 aliphatic carbocycles. The van der Waals surface area contributed by atoms with E-state index in [-0.39, 0.29) is 0 Å². The Morgan fingerprint density at radius 2 is 2.12 bits per heavy atom. The van der Waals surface area contributed by atoms with Crippen LogP contribution in [0.5, 0.6) is 0 Å². The lowest BCUT2D eigenvalue weighted by atomic mass is 9.97. The van der Waals surface area contributed by atoms with Crippen LogP contribution in [0.2, 0.25) is 0 Å². The van der Waals surface area contributed by atoms with Gasteiger partial charge in [-0.05, 0) is 30.4 Å². The molecule has 1 aliphatic rings. The Morgan fingerprint density at radius 3 is 2.88 bits per heavy atom. The maximum Gasteiger partial charge on any atom is 0.240 e. The van der Waals surface area contributed by atoms with Crippen molar-refractivity contribution in [2.45, 2.75) is 31.1 Å². The summed E-state index contributed by atoms with van der Waals surface area (Å²) in [4.78, 5) is 0.449. The molecule has 0 bridgehead atoms. The fraction of sp³-hybridized carbons (Fsp3) is 0.500. The van der Waals surface area contributed by atoms with Crippen molar-refractivity contribution < 1.29 is 8.42 Å². The van der Waals surface area contributed by atoms with Crippen LogP contribution in [0, 0.1) is 5.92 Å². The van der Waals surface area contributed by atoms with E-state index in [1.165, 1.54) is 0 Å². The fourth-order valence-electron chi connectivity index (χ4n) is 2.09. The lowest BCUT2D eigenvalue weighted by Crippen LogP contribution is -2.32. The lowest BCUT2D eigenvalue weighted by Gasteiger charge is -2.21. The first-order valence-corrected chi connectivity index (χ1v) is 7.19. The Bertz CT molecular complexity index is 468. The molecule has 0 aromatic heterocycles. The van der Waals surface area contributed by atoms with E-state index in [1.807, 2.05) is 12.1 Å². The predicted octanol–water partition coefficient (Wildman–Crippen LogP) is 1.94. The third kappa shape index (κ3) is 2.28. The highest BCUT2D eigenvalue weighted by Crippen LogP contribution is 2.22. The number of nitrogens with one attached hydrogen (secondary N) is 1. The molecular weight excluding hydrogens is 222 g/mol. The van der Waals surface area contributed by atoms with E-state index in [0.717, 1.165) is 24.8 Å². The highest BCUT2D eigenvalue weighted by Gasteiger charge is 2.22. The molecule has 0 radical (unpaired) electrons. The average Bonchev–Trinajstić information content (AvgIpc) is 2.28. The summed E-state index contributed by atoms with van der Waals surface area (Å²) in [5.74, 6) is 0.447. The third-order valence-electron chi connectivity index (χ3n) is 3.22. The van der Waals surface area contributed by atoms with Gasteiger partial charge in [0.2, 0.25) is 10.0 Å². The van der Waals surface area contributed by atoms with E-state index in [2.05, 4.69) is 11.6 Å². The first kappa shape index (κ1) is 11.6. The van der Waals surface area contributed by atoms with Crippen molar-refractivity contribution >= 4 is 10.0 Å². The summed E-state index contributed by atoms with van der Waals surface area (Å²) in [6.45, 7) is 2.67. The van der Waals surface area contributed by atoms with Crippen LogP contribution in [0.3, 0.4) is 0 Å². The first-order valence-electron chi connectivity index (χ1n) is 5.71. The second-order valence-corrected chi connectivity index (χ2v) is 6.01. The summed E-state index contributed by atoms with van der Waals surface area (Å²) in [6.07, 6.45) is 2.93. The second kappa shape index (κ2) is 4.55. The zero-order valence-electron chi connectivity index (χ0n) is 9.44. The van der Waals surface area contributed by atoms with Crippen LogP contribution in [0.1, 0.15) is 25.3 Å². The molecule has 1 unspecified atom stereocenters. The highest BCUT2D eigenvalue weighted by molar-refractivity contribution is 7.89. The van der Waals surface area contributed by atoms with Crippen molar-refractivity contribution in [1.29, 1.82) is 0 Å². The van der Waals surface area contributed by atoms with Crippen molar-refractivity contribution in [1.82, 2.24) is 4.72 Å². The Labute approximate surface area is 96.9 Å². The van der Waals surface area contributed by atoms with Crippen molar-refractivity contribution in [3.8, 4) is 0 Å². The van der Waals surface area contributed by atoms with E-state index in [0.29, 0.717) is 17.4 Å². The molecule has 1 N–H and O–H groups in total. The zero-order chi connectivity index (χ0) is 11.6. The van der Waals surface area contributed by atoms with Crippen molar-refractivity contribution in [2.75, 3.05) is 6.54 Å². The largest absolute Gasteiger partial charge is 0.240 e. The minimum Gasteiger partial charge on any atom is -0.211 e. The fourth-order valence-corrected chi connectivity index (χ4v) is 3.47. The van der Waals surface area contributed by atoms with Crippen molar-refractivity contribution in [2.24, 2.45) is 5.92 Å². The van der Waals surface area contributed by atoms with Crippen LogP contribution in [0.25, 0.3) is 0 Å². The topological polar surface area (TPSA) is 46.2 Å². The molecule has 1 aliphatic heterocycles. The Morgan fingerprint density at radius 1 is 1.38 bits per heavy atom. The summed E-state index contributed by atoms with van der Waals surface area (Å²) in [5, 5.41) is 0. The number of rotatable bonds is 1. The predicted molar refractivity (Wildman–Crippen MR) is 63.7 cm³/mol. The molecule has 16 heavy (non-hydrogen) atoms. The van der Waals surface area contributed by atoms with Gasteiger partial charge in [0.15, 0.2) is 0 Å². The highest BCUT2D eigenvalue weighted by atomic mass is 32.2. The lowest BCUT2D eigenvalue weighted by molar-refractivity contribution is 0.452. The van der Waals surface area contributed by atoms with Gasteiger partial charge in [-0.15, -0.1) is 0 Å². The van der Waals surface area contributed by atoms with E-state index >= 15 is 0 Å². The number of sulfonamides is 1. The molecule has 1 heterocycles. The first-order chi connectivity index (χ1) is 7.63. The van der Waals surface area contributed by atoms with Gasteiger partial charge in [-0.1, -0.05) is 31.5 Å². The van der Waals surface area contributed by atoms with E-state index in [1.54, 1.807) is 12.1 Å². The molecule has 0 saturated heterocycles. The molecule has 1 aromatic carbocycles. The number of hydrogen-bond acceptors (Lipinski definition) is 2. The molecule has 0 saturated carbocycles. The SMILES string of the molecule is CCC1CCc2ccccc2S(=O)(=O)NC1. The minimum atomic E-state index is -3.29. The summed E-state index contributed by atoms with van der Waals surface area (Å²) in [7, 11) is -3.29. The van der Waals surface area contributed by atoms with Crippen LogP contribution >= 0.6 is 0 Å². The minimum absolute atomic E-state index is 0.447. The third-order valence-corrected chi connectivity index (χ3v) is 4.75. The summed E-state index contributed by atoms with van der Waals surface area (Å²) >= 11 is 0. The molecular formula is C12H17NO2S. The second-order valence-electron chi connectivity index (χ2n) is 4.27. The normalized spacial score (nSPS) is 24.2. The molecule has 4 heteroatoms. The molecule has 1 atom stereocenters. The van der Waals surface area contributed by atoms with Crippen molar-refractivity contribution in [3.05, 3.63) is 29.8 Å². The number of hydrogen-bond donors (Lipinski definition) is 1. The molecule has 3 nitrogen and oxygen atoms in total. The number of benzene rings is 1. The Kier molecular flexibility index (Phi) is 3.30. The maximum absolute atomic E-state index is 12.0. The van der Waals surface area contributed by atoms with Crippen LogP contribution in [0.4, 0.5) is 0 Å². The van der Waals surface area contributed by atoms with Gasteiger partial charge in [-0.3, -0.25) is 0 Å². The van der Waals surface area contributed by atoms with Gasteiger partial charge >= 0.3 is 0 Å². The monoisotopic (exact) mass is 239 g/mol. The van der Waals surface area contributed by atoms with E-state index < -0.39 is 10.0 Å². The maximum atomic E-state index is 12.0. The van der Waals surface area contributed by atoms with Gasteiger partial charge in [0.05, 0.1) is 4.90 Å². The van der Waals surface area contributed by atoms with Gasteiger partial charge < -0.3 is 0 Å². The van der Waals surface area contributed by atoms with Gasteiger partial charge in [0.25, 0.3) is 0 Å². The zero-order valence-corrected chi connectivity index (χ0v) is 10.3. The van der Waals surface area contributed by atoms with Crippen LogP contribution < -0.4 is 4.72 Å². The summed E-state index contributed by atoms with van der Waals surface area (Å²) in [5.41, 5.74) is 0.938. The Hall–Kier alpha value is -0.870. The Balaban J connectivity index is 2.40. The molecule has 0 spiro atoms. The van der Waals surface area contributed by atoms with E-state index in [9.17, 15) is 8.42 Å². The molecule has 2 rings (SSSR count). The van der Waals surface area contributed by atoms with Gasteiger partial charge in [-0.25, -0.2) is 13.1 Å². The van der Waals surface area contributed by atoms with Crippen LogP contribution in [0.15, 0.2) is 29.2 Å². The molecule has 88 valence electrons. The van der Waals surface area contributed by atoms with Crippen molar-refractivity contribution in [3.63, 3.8) is 0 Å². The quantitative estimate of drug-likeness (QED) is 0.814. The van der Waals surface area contributed by atoms with Crippen LogP contribution in [-0.4, -0.2) is 15.0 Å². The standard InChI is InChI=1S/C12H17NO2S/c1-2-10-7-8-11-5-3-4-6-12(11)16(14,15)13-9-10/h3-6,10,13H,2,7-9H2,1H3. The van der Waals surface area contributed by atoms with Gasteiger partial charge in [-0.2, -0.15) is 0 Å². The molecule has 0 fully saturated rings. The smallest absolute Gasteiger partial charge is 0.211 e. The van der Waals surface area contributed by atoms with Gasteiger partial charge in [0.1, 0.15) is 0 Å². The van der Waals surface area contributed by atoms with E-state index in [4.69, 9.17) is 0 Å². The number of fused-ring (bicyclic) bond motifs is 1. The summed E-state index contributed by atoms with van der Waals surface area (Å²) in [6, 6.07) is 7.27. The van der Waals surface area contributed by atoms with Gasteiger partial charge in [0, 0.05) is 6.54 Å². The average molecular weight is 239 g/mol.